The predicted octanol–water partition coefficient (Wildman–Crippen LogP) is 2.56. The van der Waals surface area contributed by atoms with Gasteiger partial charge in [0.15, 0.2) is 0 Å². The second-order valence-corrected chi connectivity index (χ2v) is 6.76. The number of hydrogen-bond acceptors (Lipinski definition) is 6. The fraction of sp³-hybridized carbons (Fsp3) is 0.176. The summed E-state index contributed by atoms with van der Waals surface area (Å²) < 4.78 is 0.782. The van der Waals surface area contributed by atoms with Gasteiger partial charge in [-0.15, -0.1) is 0 Å². The predicted molar refractivity (Wildman–Crippen MR) is 102 cm³/mol. The number of carbonyl (C=O) groups excluding carboxylic acids is 3. The van der Waals surface area contributed by atoms with E-state index < -0.39 is 22.8 Å². The number of fused-ring (bicyclic) bond motifs is 1. The number of carbonyl (C=O) groups is 3. The third-order valence-corrected chi connectivity index (χ3v) is 4.45. The molecule has 1 aliphatic rings. The van der Waals surface area contributed by atoms with Crippen LogP contribution in [0.4, 0.5) is 16.3 Å². The molecule has 0 spiro atoms. The SMILES string of the molecule is O=C(NCCCN1C(=O)c2ccc([N+](=O)[O-])cc2C1=O)Nc1ccc(Br)cn1. The van der Waals surface area contributed by atoms with Crippen LogP contribution in [-0.2, 0) is 0 Å². The van der Waals surface area contributed by atoms with E-state index in [1.165, 1.54) is 12.1 Å². The minimum atomic E-state index is -0.622. The highest BCUT2D eigenvalue weighted by Gasteiger charge is 2.36. The maximum Gasteiger partial charge on any atom is 0.320 e. The maximum absolute atomic E-state index is 12.3. The number of anilines is 1. The highest BCUT2D eigenvalue weighted by Crippen LogP contribution is 2.26. The fourth-order valence-corrected chi connectivity index (χ4v) is 2.88. The van der Waals surface area contributed by atoms with E-state index in [0.717, 1.165) is 15.4 Å². The number of nitro benzene ring substituents is 1. The van der Waals surface area contributed by atoms with E-state index in [1.54, 1.807) is 18.3 Å². The van der Waals surface area contributed by atoms with Gasteiger partial charge in [-0.2, -0.15) is 0 Å². The molecule has 28 heavy (non-hydrogen) atoms. The monoisotopic (exact) mass is 447 g/mol. The molecular weight excluding hydrogens is 434 g/mol. The topological polar surface area (TPSA) is 135 Å². The molecule has 0 fully saturated rings. The number of nitrogens with zero attached hydrogens (tertiary/aromatic N) is 3. The van der Waals surface area contributed by atoms with Gasteiger partial charge in [-0.05, 0) is 40.5 Å². The van der Waals surface area contributed by atoms with Crippen LogP contribution in [0.25, 0.3) is 0 Å². The standard InChI is InChI=1S/C17H14BrN5O5/c18-10-2-5-14(20-9-10)21-17(26)19-6-1-7-22-15(24)12-4-3-11(23(27)28)8-13(12)16(22)25/h2-5,8-9H,1,6-7H2,(H2,19,20,21,26). The van der Waals surface area contributed by atoms with E-state index in [2.05, 4.69) is 31.5 Å². The molecule has 4 amide bonds. The van der Waals surface area contributed by atoms with Crippen molar-refractivity contribution in [2.75, 3.05) is 18.4 Å². The molecular formula is C17H14BrN5O5. The summed E-state index contributed by atoms with van der Waals surface area (Å²) in [6.45, 7) is 0.298. The lowest BCUT2D eigenvalue weighted by molar-refractivity contribution is -0.384. The number of halogens is 1. The third kappa shape index (κ3) is 4.14. The Labute approximate surface area is 167 Å². The number of benzene rings is 1. The van der Waals surface area contributed by atoms with Crippen molar-refractivity contribution in [2.45, 2.75) is 6.42 Å². The summed E-state index contributed by atoms with van der Waals surface area (Å²) in [5.74, 6) is -0.701. The van der Waals surface area contributed by atoms with Gasteiger partial charge in [-0.1, -0.05) is 0 Å². The first-order valence-electron chi connectivity index (χ1n) is 8.18. The summed E-state index contributed by atoms with van der Waals surface area (Å²) in [6, 6.07) is 6.47. The molecule has 2 heterocycles. The fourth-order valence-electron chi connectivity index (χ4n) is 2.64. The largest absolute Gasteiger partial charge is 0.338 e. The van der Waals surface area contributed by atoms with Crippen molar-refractivity contribution < 1.29 is 19.3 Å². The number of pyridine rings is 1. The number of non-ortho nitro benzene ring substituents is 1. The van der Waals surface area contributed by atoms with Gasteiger partial charge in [0.05, 0.1) is 16.1 Å². The number of imide groups is 1. The Bertz CT molecular complexity index is 963. The van der Waals surface area contributed by atoms with Crippen molar-refractivity contribution in [2.24, 2.45) is 0 Å². The van der Waals surface area contributed by atoms with Crippen LogP contribution >= 0.6 is 15.9 Å². The average Bonchev–Trinajstić information content (AvgIpc) is 2.91. The number of rotatable bonds is 6. The molecule has 0 bridgehead atoms. The Kier molecular flexibility index (Phi) is 5.64. The average molecular weight is 448 g/mol. The smallest absolute Gasteiger partial charge is 0.320 e. The maximum atomic E-state index is 12.3. The lowest BCUT2D eigenvalue weighted by Crippen LogP contribution is -2.35. The van der Waals surface area contributed by atoms with Crippen LogP contribution in [0.5, 0.6) is 0 Å². The van der Waals surface area contributed by atoms with Crippen LogP contribution in [0, 0.1) is 10.1 Å². The summed E-state index contributed by atoms with van der Waals surface area (Å²) in [4.78, 5) is 51.7. The van der Waals surface area contributed by atoms with Gasteiger partial charge in [-0.3, -0.25) is 29.9 Å². The molecule has 11 heteroatoms. The summed E-state index contributed by atoms with van der Waals surface area (Å²) in [6.07, 6.45) is 1.87. The molecule has 0 unspecified atom stereocenters. The Morgan fingerprint density at radius 3 is 2.61 bits per heavy atom. The van der Waals surface area contributed by atoms with Crippen LogP contribution in [0.15, 0.2) is 41.0 Å². The normalized spacial score (nSPS) is 12.7. The van der Waals surface area contributed by atoms with Gasteiger partial charge in [0.25, 0.3) is 17.5 Å². The molecule has 1 aliphatic heterocycles. The van der Waals surface area contributed by atoms with Crippen molar-refractivity contribution in [3.8, 4) is 0 Å². The highest BCUT2D eigenvalue weighted by atomic mass is 79.9. The van der Waals surface area contributed by atoms with E-state index in [0.29, 0.717) is 12.2 Å². The molecule has 3 rings (SSSR count). The molecule has 0 saturated carbocycles. The number of nitrogens with one attached hydrogen (secondary N) is 2. The van der Waals surface area contributed by atoms with Crippen LogP contribution < -0.4 is 10.6 Å². The molecule has 10 nitrogen and oxygen atoms in total. The molecule has 2 N–H and O–H groups in total. The number of nitro groups is 1. The summed E-state index contributed by atoms with van der Waals surface area (Å²) in [5.41, 5.74) is -0.0875. The molecule has 0 radical (unpaired) electrons. The van der Waals surface area contributed by atoms with E-state index >= 15 is 0 Å². The van der Waals surface area contributed by atoms with Gasteiger partial charge < -0.3 is 5.32 Å². The van der Waals surface area contributed by atoms with Crippen molar-refractivity contribution in [1.82, 2.24) is 15.2 Å². The van der Waals surface area contributed by atoms with Gasteiger partial charge in [0.2, 0.25) is 0 Å². The lowest BCUT2D eigenvalue weighted by Gasteiger charge is -2.14. The lowest BCUT2D eigenvalue weighted by atomic mass is 10.1. The minimum Gasteiger partial charge on any atom is -0.338 e. The van der Waals surface area contributed by atoms with Gasteiger partial charge in [0, 0.05) is 35.9 Å². The van der Waals surface area contributed by atoms with Crippen LogP contribution in [0.1, 0.15) is 27.1 Å². The second-order valence-electron chi connectivity index (χ2n) is 5.85. The summed E-state index contributed by atoms with van der Waals surface area (Å²) in [5, 5.41) is 16.0. The Morgan fingerprint density at radius 2 is 1.93 bits per heavy atom. The first kappa shape index (κ1) is 19.4. The van der Waals surface area contributed by atoms with Gasteiger partial charge in [-0.25, -0.2) is 9.78 Å². The zero-order valence-corrected chi connectivity index (χ0v) is 15.9. The molecule has 0 atom stereocenters. The van der Waals surface area contributed by atoms with Crippen molar-refractivity contribution in [1.29, 1.82) is 0 Å². The molecule has 0 aliphatic carbocycles. The number of urea groups is 1. The van der Waals surface area contributed by atoms with Crippen LogP contribution in [0.2, 0.25) is 0 Å². The van der Waals surface area contributed by atoms with Gasteiger partial charge in [0.1, 0.15) is 5.82 Å². The van der Waals surface area contributed by atoms with Gasteiger partial charge >= 0.3 is 6.03 Å². The third-order valence-electron chi connectivity index (χ3n) is 3.98. The first-order chi connectivity index (χ1) is 13.4. The molecule has 1 aromatic heterocycles. The van der Waals surface area contributed by atoms with Crippen molar-refractivity contribution in [3.63, 3.8) is 0 Å². The van der Waals surface area contributed by atoms with Crippen LogP contribution in [-0.4, -0.2) is 45.7 Å². The zero-order valence-electron chi connectivity index (χ0n) is 14.3. The molecule has 1 aromatic carbocycles. The highest BCUT2D eigenvalue weighted by molar-refractivity contribution is 9.10. The van der Waals surface area contributed by atoms with Crippen LogP contribution in [0.3, 0.4) is 0 Å². The first-order valence-corrected chi connectivity index (χ1v) is 8.97. The number of hydrogen-bond donors (Lipinski definition) is 2. The quantitative estimate of drug-likeness (QED) is 0.302. The minimum absolute atomic E-state index is 0.0196. The molecule has 144 valence electrons. The van der Waals surface area contributed by atoms with E-state index in [4.69, 9.17) is 0 Å². The Morgan fingerprint density at radius 1 is 1.18 bits per heavy atom. The van der Waals surface area contributed by atoms with Crippen molar-refractivity contribution in [3.05, 3.63) is 62.2 Å². The molecule has 2 aromatic rings. The zero-order chi connectivity index (χ0) is 20.3. The van der Waals surface area contributed by atoms with E-state index in [9.17, 15) is 24.5 Å². The Hall–Kier alpha value is -3.34. The number of aromatic nitrogens is 1. The molecule has 0 saturated heterocycles. The Balaban J connectivity index is 1.50. The summed E-state index contributed by atoms with van der Waals surface area (Å²) >= 11 is 3.24. The van der Waals surface area contributed by atoms with E-state index in [1.807, 2.05) is 0 Å². The summed E-state index contributed by atoms with van der Waals surface area (Å²) in [7, 11) is 0. The van der Waals surface area contributed by atoms with Crippen molar-refractivity contribution >= 4 is 45.3 Å². The second kappa shape index (κ2) is 8.13. The number of amides is 4. The van der Waals surface area contributed by atoms with E-state index in [-0.39, 0.29) is 29.9 Å².